The summed E-state index contributed by atoms with van der Waals surface area (Å²) < 4.78 is 20.4. The fourth-order valence-corrected chi connectivity index (χ4v) is 3.72. The molecule has 0 spiro atoms. The van der Waals surface area contributed by atoms with E-state index in [1.807, 2.05) is 31.2 Å². The Labute approximate surface area is 162 Å². The molecule has 28 heavy (non-hydrogen) atoms. The molecule has 0 bridgehead atoms. The Morgan fingerprint density at radius 2 is 1.75 bits per heavy atom. The third-order valence-electron chi connectivity index (χ3n) is 5.15. The Balaban J connectivity index is 1.81. The van der Waals surface area contributed by atoms with E-state index in [0.717, 1.165) is 16.9 Å². The minimum atomic E-state index is -0.284. The molecular formula is C21H21FN4O2. The zero-order chi connectivity index (χ0) is 19.7. The molecule has 0 N–H and O–H groups in total. The predicted octanol–water partition coefficient (Wildman–Crippen LogP) is 3.90. The molecule has 7 heteroatoms. The lowest BCUT2D eigenvalue weighted by Gasteiger charge is -2.39. The molecule has 6 nitrogen and oxygen atoms in total. The van der Waals surface area contributed by atoms with Gasteiger partial charge in [-0.2, -0.15) is 10.1 Å². The van der Waals surface area contributed by atoms with Crippen LogP contribution in [0.5, 0.6) is 5.75 Å². The van der Waals surface area contributed by atoms with E-state index in [0.29, 0.717) is 18.8 Å². The number of hydrogen-bond acceptors (Lipinski definition) is 4. The number of amides is 1. The van der Waals surface area contributed by atoms with Crippen LogP contribution in [0, 0.1) is 5.82 Å². The quantitative estimate of drug-likeness (QED) is 0.689. The number of fused-ring (bicyclic) bond motifs is 1. The summed E-state index contributed by atoms with van der Waals surface area (Å²) in [5, 5.41) is 4.36. The van der Waals surface area contributed by atoms with Gasteiger partial charge in [-0.15, -0.1) is 0 Å². The van der Waals surface area contributed by atoms with Crippen LogP contribution >= 0.6 is 0 Å². The minimum absolute atomic E-state index is 0.0207. The Morgan fingerprint density at radius 3 is 2.39 bits per heavy atom. The van der Waals surface area contributed by atoms with Crippen LogP contribution in [0.1, 0.15) is 43.0 Å². The highest BCUT2D eigenvalue weighted by atomic mass is 19.1. The Hall–Kier alpha value is -3.22. The van der Waals surface area contributed by atoms with Crippen LogP contribution in [0.3, 0.4) is 0 Å². The maximum absolute atomic E-state index is 13.4. The zero-order valence-corrected chi connectivity index (χ0v) is 15.7. The van der Waals surface area contributed by atoms with Gasteiger partial charge < -0.3 is 4.74 Å². The van der Waals surface area contributed by atoms with E-state index in [-0.39, 0.29) is 23.8 Å². The average Bonchev–Trinajstić information content (AvgIpc) is 3.22. The van der Waals surface area contributed by atoms with Gasteiger partial charge in [0.25, 0.3) is 0 Å². The maximum Gasteiger partial charge on any atom is 0.231 e. The second-order valence-corrected chi connectivity index (χ2v) is 6.71. The van der Waals surface area contributed by atoms with E-state index in [4.69, 9.17) is 4.74 Å². The molecule has 144 valence electrons. The summed E-state index contributed by atoms with van der Waals surface area (Å²) in [4.78, 5) is 18.9. The van der Waals surface area contributed by atoms with Crippen LogP contribution in [0.4, 0.5) is 10.3 Å². The summed E-state index contributed by atoms with van der Waals surface area (Å²) in [6.45, 7) is 1.83. The van der Waals surface area contributed by atoms with Gasteiger partial charge in [-0.3, -0.25) is 9.69 Å². The maximum atomic E-state index is 13.4. The molecule has 3 aromatic rings. The van der Waals surface area contributed by atoms with Crippen molar-refractivity contribution in [3.05, 3.63) is 71.8 Å². The summed E-state index contributed by atoms with van der Waals surface area (Å²) >= 11 is 0. The van der Waals surface area contributed by atoms with Gasteiger partial charge in [0.1, 0.15) is 17.9 Å². The number of anilines is 1. The summed E-state index contributed by atoms with van der Waals surface area (Å²) in [7, 11) is 1.62. The number of rotatable bonds is 4. The molecule has 4 rings (SSSR count). The monoisotopic (exact) mass is 380 g/mol. The molecule has 2 heterocycles. The van der Waals surface area contributed by atoms with Gasteiger partial charge in [0.15, 0.2) is 0 Å². The number of carbonyl (C=O) groups is 1. The third-order valence-corrected chi connectivity index (χ3v) is 5.15. The summed E-state index contributed by atoms with van der Waals surface area (Å²) in [5.74, 6) is 0.958. The molecule has 0 aliphatic carbocycles. The molecule has 0 unspecified atom stereocenters. The van der Waals surface area contributed by atoms with Crippen molar-refractivity contribution in [2.45, 2.75) is 31.8 Å². The van der Waals surface area contributed by atoms with Crippen molar-refractivity contribution < 1.29 is 13.9 Å². The zero-order valence-electron chi connectivity index (χ0n) is 15.7. The number of ether oxygens (including phenoxy) is 1. The summed E-state index contributed by atoms with van der Waals surface area (Å²) in [6.07, 6.45) is 2.43. The van der Waals surface area contributed by atoms with Crippen LogP contribution < -0.4 is 9.64 Å². The molecule has 0 radical (unpaired) electrons. The molecule has 0 saturated heterocycles. The van der Waals surface area contributed by atoms with E-state index < -0.39 is 0 Å². The van der Waals surface area contributed by atoms with E-state index in [1.165, 1.54) is 18.5 Å². The van der Waals surface area contributed by atoms with Crippen LogP contribution in [0.2, 0.25) is 0 Å². The first kappa shape index (κ1) is 18.2. The van der Waals surface area contributed by atoms with E-state index in [2.05, 4.69) is 10.1 Å². The smallest absolute Gasteiger partial charge is 0.231 e. The van der Waals surface area contributed by atoms with Crippen molar-refractivity contribution >= 4 is 11.9 Å². The van der Waals surface area contributed by atoms with Crippen LogP contribution in [0.15, 0.2) is 54.9 Å². The number of carbonyl (C=O) groups excluding carboxylic acids is 1. The van der Waals surface area contributed by atoms with Gasteiger partial charge in [0.2, 0.25) is 11.9 Å². The SMILES string of the molecule is CCC(=O)N1c2ncnn2[C@H](c2ccc(F)cc2)C[C@H]1c1ccc(OC)cc1. The second kappa shape index (κ2) is 7.42. The van der Waals surface area contributed by atoms with Crippen LogP contribution in [-0.2, 0) is 4.79 Å². The van der Waals surface area contributed by atoms with E-state index >= 15 is 0 Å². The third kappa shape index (κ3) is 3.13. The van der Waals surface area contributed by atoms with Crippen LogP contribution in [-0.4, -0.2) is 27.8 Å². The van der Waals surface area contributed by atoms with Crippen molar-refractivity contribution in [1.29, 1.82) is 0 Å². The first-order chi connectivity index (χ1) is 13.6. The number of hydrogen-bond donors (Lipinski definition) is 0. The molecule has 2 atom stereocenters. The van der Waals surface area contributed by atoms with Gasteiger partial charge in [-0.25, -0.2) is 9.07 Å². The van der Waals surface area contributed by atoms with Crippen molar-refractivity contribution in [3.8, 4) is 5.75 Å². The highest BCUT2D eigenvalue weighted by Crippen LogP contribution is 2.42. The largest absolute Gasteiger partial charge is 0.497 e. The van der Waals surface area contributed by atoms with Crippen molar-refractivity contribution in [1.82, 2.24) is 14.8 Å². The van der Waals surface area contributed by atoms with Gasteiger partial charge in [0, 0.05) is 6.42 Å². The number of halogens is 1. The van der Waals surface area contributed by atoms with Gasteiger partial charge >= 0.3 is 0 Å². The number of aromatic nitrogens is 3. The highest BCUT2D eigenvalue weighted by Gasteiger charge is 2.38. The normalized spacial score (nSPS) is 18.6. The molecular weight excluding hydrogens is 359 g/mol. The van der Waals surface area contributed by atoms with Gasteiger partial charge in [-0.05, 0) is 41.8 Å². The number of nitrogens with zero attached hydrogens (tertiary/aromatic N) is 4. The predicted molar refractivity (Wildman–Crippen MR) is 103 cm³/mol. The Bertz CT molecular complexity index is 969. The number of methoxy groups -OCH3 is 1. The summed E-state index contributed by atoms with van der Waals surface area (Å²) in [6, 6.07) is 13.8. The molecule has 2 aromatic carbocycles. The average molecular weight is 380 g/mol. The van der Waals surface area contributed by atoms with Crippen LogP contribution in [0.25, 0.3) is 0 Å². The van der Waals surface area contributed by atoms with Gasteiger partial charge in [-0.1, -0.05) is 31.2 Å². The molecule has 1 aliphatic heterocycles. The van der Waals surface area contributed by atoms with E-state index in [9.17, 15) is 9.18 Å². The van der Waals surface area contributed by atoms with Gasteiger partial charge in [0.05, 0.1) is 19.2 Å². The lowest BCUT2D eigenvalue weighted by Crippen LogP contribution is -2.42. The molecule has 1 aromatic heterocycles. The standard InChI is InChI=1S/C21H21FN4O2/c1-3-20(27)25-18(14-6-10-17(28-2)11-7-14)12-19(26-21(25)23-13-24-26)15-4-8-16(22)9-5-15/h4-11,13,18-19H,3,12H2,1-2H3/t18-,19-/m0/s1. The molecule has 0 saturated carbocycles. The first-order valence-electron chi connectivity index (χ1n) is 9.23. The van der Waals surface area contributed by atoms with Crippen molar-refractivity contribution in [3.63, 3.8) is 0 Å². The fraction of sp³-hybridized carbons (Fsp3) is 0.286. The summed E-state index contributed by atoms with van der Waals surface area (Å²) in [5.41, 5.74) is 1.92. The molecule has 0 fully saturated rings. The number of benzene rings is 2. The lowest BCUT2D eigenvalue weighted by atomic mass is 9.91. The highest BCUT2D eigenvalue weighted by molar-refractivity contribution is 5.92. The second-order valence-electron chi connectivity index (χ2n) is 6.71. The Kier molecular flexibility index (Phi) is 4.81. The lowest BCUT2D eigenvalue weighted by molar-refractivity contribution is -0.119. The fourth-order valence-electron chi connectivity index (χ4n) is 3.72. The van der Waals surface area contributed by atoms with E-state index in [1.54, 1.807) is 28.8 Å². The Morgan fingerprint density at radius 1 is 1.11 bits per heavy atom. The van der Waals surface area contributed by atoms with Crippen molar-refractivity contribution in [2.24, 2.45) is 0 Å². The first-order valence-corrected chi connectivity index (χ1v) is 9.23. The minimum Gasteiger partial charge on any atom is -0.497 e. The van der Waals surface area contributed by atoms with Crippen molar-refractivity contribution in [2.75, 3.05) is 12.0 Å². The molecule has 1 amide bonds. The topological polar surface area (TPSA) is 60.2 Å². The molecule has 1 aliphatic rings.